The van der Waals surface area contributed by atoms with E-state index >= 15 is 0 Å². The van der Waals surface area contributed by atoms with Gasteiger partial charge < -0.3 is 9.64 Å². The first-order chi connectivity index (χ1) is 12.6. The van der Waals surface area contributed by atoms with Crippen molar-refractivity contribution in [1.82, 2.24) is 4.90 Å². The lowest BCUT2D eigenvalue weighted by atomic mass is 9.58. The molecule has 2 bridgehead atoms. The van der Waals surface area contributed by atoms with Gasteiger partial charge >= 0.3 is 0 Å². The highest BCUT2D eigenvalue weighted by Gasteiger charge is 2.67. The third-order valence-corrected chi connectivity index (χ3v) is 8.59. The van der Waals surface area contributed by atoms with E-state index in [4.69, 9.17) is 32.9 Å². The third kappa shape index (κ3) is 2.20. The lowest BCUT2D eigenvalue weighted by Crippen LogP contribution is -2.52. The first-order valence-electron chi connectivity index (χ1n) is 9.92. The van der Waals surface area contributed by atoms with E-state index in [-0.39, 0.29) is 11.0 Å². The molecule has 2 aliphatic carbocycles. The van der Waals surface area contributed by atoms with Crippen molar-refractivity contribution in [3.05, 3.63) is 33.8 Å². The predicted octanol–water partition coefficient (Wildman–Crippen LogP) is 4.94. The SMILES string of the molecule is CC1(c2cccc(Cl)c2Cl)C2CCC(C2)C12CCC(N1CCOCC1)=N2. The molecule has 3 fully saturated rings. The molecule has 3 nitrogen and oxygen atoms in total. The van der Waals surface area contributed by atoms with E-state index in [1.54, 1.807) is 0 Å². The molecule has 0 radical (unpaired) electrons. The summed E-state index contributed by atoms with van der Waals surface area (Å²) in [5.74, 6) is 2.62. The minimum Gasteiger partial charge on any atom is -0.378 e. The van der Waals surface area contributed by atoms with Gasteiger partial charge in [-0.15, -0.1) is 0 Å². The molecule has 4 atom stereocenters. The standard InChI is InChI=1S/C21H26Cl2N2O/c1-20(16-3-2-4-17(22)19(16)23)14-5-6-15(13-14)21(20)8-7-18(24-21)25-9-11-26-12-10-25/h2-4,14-15H,5-13H2,1H3. The average Bonchev–Trinajstić information content (AvgIpc) is 3.36. The molecule has 140 valence electrons. The van der Waals surface area contributed by atoms with Gasteiger partial charge in [0, 0.05) is 24.9 Å². The summed E-state index contributed by atoms with van der Waals surface area (Å²) in [5.41, 5.74) is 1.18. The maximum atomic E-state index is 6.74. The Hall–Kier alpha value is -0.770. The molecule has 1 aromatic carbocycles. The molecule has 26 heavy (non-hydrogen) atoms. The average molecular weight is 393 g/mol. The highest BCUT2D eigenvalue weighted by atomic mass is 35.5. The summed E-state index contributed by atoms with van der Waals surface area (Å²) in [4.78, 5) is 7.96. The van der Waals surface area contributed by atoms with Gasteiger partial charge in [0.15, 0.2) is 0 Å². The van der Waals surface area contributed by atoms with Crippen LogP contribution in [-0.2, 0) is 10.2 Å². The van der Waals surface area contributed by atoms with Crippen LogP contribution in [0.1, 0.15) is 44.6 Å². The van der Waals surface area contributed by atoms with Crippen molar-refractivity contribution in [2.24, 2.45) is 16.8 Å². The molecule has 2 heterocycles. The fourth-order valence-electron chi connectivity index (χ4n) is 6.44. The summed E-state index contributed by atoms with van der Waals surface area (Å²) in [6, 6.07) is 6.14. The fraction of sp³-hybridized carbons (Fsp3) is 0.667. The molecule has 5 rings (SSSR count). The third-order valence-electron chi connectivity index (χ3n) is 7.77. The lowest BCUT2D eigenvalue weighted by molar-refractivity contribution is 0.0673. The number of ether oxygens (including phenoxy) is 1. The van der Waals surface area contributed by atoms with Gasteiger partial charge in [-0.1, -0.05) is 42.3 Å². The van der Waals surface area contributed by atoms with Gasteiger partial charge in [-0.2, -0.15) is 0 Å². The van der Waals surface area contributed by atoms with Crippen molar-refractivity contribution >= 4 is 29.0 Å². The summed E-state index contributed by atoms with van der Waals surface area (Å²) < 4.78 is 5.54. The number of nitrogens with zero attached hydrogens (tertiary/aromatic N) is 2. The van der Waals surface area contributed by atoms with Gasteiger partial charge in [0.25, 0.3) is 0 Å². The van der Waals surface area contributed by atoms with Gasteiger partial charge in [-0.05, 0) is 49.1 Å². The van der Waals surface area contributed by atoms with Gasteiger partial charge in [0.1, 0.15) is 0 Å². The number of halogens is 2. The molecule has 2 saturated carbocycles. The summed E-state index contributed by atoms with van der Waals surface area (Å²) in [6.07, 6.45) is 6.09. The molecule has 5 heteroatoms. The maximum absolute atomic E-state index is 6.74. The Morgan fingerprint density at radius 2 is 1.92 bits per heavy atom. The van der Waals surface area contributed by atoms with Gasteiger partial charge in [0.2, 0.25) is 0 Å². The molecule has 0 aromatic heterocycles. The number of rotatable bonds is 1. The van der Waals surface area contributed by atoms with Crippen LogP contribution in [0.25, 0.3) is 0 Å². The highest BCUT2D eigenvalue weighted by Crippen LogP contribution is 2.67. The number of fused-ring (bicyclic) bond motifs is 3. The van der Waals surface area contributed by atoms with E-state index in [9.17, 15) is 0 Å². The summed E-state index contributed by atoms with van der Waals surface area (Å²) in [5, 5.41) is 1.40. The van der Waals surface area contributed by atoms with Crippen molar-refractivity contribution in [3.63, 3.8) is 0 Å². The minimum absolute atomic E-state index is 0.0160. The van der Waals surface area contributed by atoms with Crippen LogP contribution in [0.15, 0.2) is 23.2 Å². The zero-order chi connectivity index (χ0) is 17.9. The molecule has 0 N–H and O–H groups in total. The molecule has 1 saturated heterocycles. The van der Waals surface area contributed by atoms with Crippen molar-refractivity contribution in [3.8, 4) is 0 Å². The van der Waals surface area contributed by atoms with Gasteiger partial charge in [-0.3, -0.25) is 4.99 Å². The van der Waals surface area contributed by atoms with Crippen LogP contribution < -0.4 is 0 Å². The van der Waals surface area contributed by atoms with E-state index in [0.29, 0.717) is 16.9 Å². The van der Waals surface area contributed by atoms with Crippen molar-refractivity contribution < 1.29 is 4.74 Å². The minimum atomic E-state index is -0.0219. The van der Waals surface area contributed by atoms with Crippen molar-refractivity contribution in [1.29, 1.82) is 0 Å². The molecule has 0 amide bonds. The smallest absolute Gasteiger partial charge is 0.0998 e. The van der Waals surface area contributed by atoms with Crippen LogP contribution in [0, 0.1) is 11.8 Å². The molecule has 1 aromatic rings. The van der Waals surface area contributed by atoms with E-state index in [1.807, 2.05) is 6.07 Å². The van der Waals surface area contributed by atoms with Crippen LogP contribution >= 0.6 is 23.2 Å². The van der Waals surface area contributed by atoms with Crippen LogP contribution in [0.3, 0.4) is 0 Å². The van der Waals surface area contributed by atoms with Gasteiger partial charge in [-0.25, -0.2) is 0 Å². The van der Waals surface area contributed by atoms with Crippen LogP contribution in [-0.4, -0.2) is 42.6 Å². The van der Waals surface area contributed by atoms with Gasteiger partial charge in [0.05, 0.1) is 34.6 Å². The second kappa shape index (κ2) is 6.12. The molecule has 2 aliphatic heterocycles. The van der Waals surface area contributed by atoms with Crippen LogP contribution in [0.5, 0.6) is 0 Å². The summed E-state index contributed by atoms with van der Waals surface area (Å²) in [7, 11) is 0. The fourth-order valence-corrected chi connectivity index (χ4v) is 6.94. The number of hydrogen-bond acceptors (Lipinski definition) is 3. The zero-order valence-corrected chi connectivity index (χ0v) is 16.8. The topological polar surface area (TPSA) is 24.8 Å². The number of hydrogen-bond donors (Lipinski definition) is 0. The Kier molecular flexibility index (Phi) is 4.08. The Morgan fingerprint density at radius 3 is 2.73 bits per heavy atom. The molecule has 1 spiro atoms. The monoisotopic (exact) mass is 392 g/mol. The first-order valence-corrected chi connectivity index (χ1v) is 10.7. The van der Waals surface area contributed by atoms with E-state index in [2.05, 4.69) is 24.0 Å². The predicted molar refractivity (Wildman–Crippen MR) is 106 cm³/mol. The Bertz CT molecular complexity index is 760. The molecular formula is C21H26Cl2N2O. The van der Waals surface area contributed by atoms with Crippen LogP contribution in [0.2, 0.25) is 10.0 Å². The van der Waals surface area contributed by atoms with E-state index < -0.39 is 0 Å². The summed E-state index contributed by atoms with van der Waals surface area (Å²) >= 11 is 13.2. The molecular weight excluding hydrogens is 367 g/mol. The highest BCUT2D eigenvalue weighted by molar-refractivity contribution is 6.42. The number of aliphatic imine (C=N–C) groups is 1. The normalized spacial score (nSPS) is 39.0. The second-order valence-electron chi connectivity index (χ2n) is 8.56. The molecule has 4 aliphatic rings. The molecule has 4 unspecified atom stereocenters. The van der Waals surface area contributed by atoms with Crippen molar-refractivity contribution in [2.75, 3.05) is 26.3 Å². The summed E-state index contributed by atoms with van der Waals surface area (Å²) in [6.45, 7) is 5.99. The Balaban J connectivity index is 1.61. The maximum Gasteiger partial charge on any atom is 0.0998 e. The zero-order valence-electron chi connectivity index (χ0n) is 15.3. The Morgan fingerprint density at radius 1 is 1.15 bits per heavy atom. The number of amidine groups is 1. The van der Waals surface area contributed by atoms with Crippen LogP contribution in [0.4, 0.5) is 0 Å². The van der Waals surface area contributed by atoms with E-state index in [1.165, 1.54) is 30.7 Å². The number of morpholine rings is 1. The lowest BCUT2D eigenvalue weighted by Gasteiger charge is -2.48. The Labute approximate surface area is 165 Å². The number of benzene rings is 1. The van der Waals surface area contributed by atoms with E-state index in [0.717, 1.165) is 44.2 Å². The quantitative estimate of drug-likeness (QED) is 0.675. The second-order valence-corrected chi connectivity index (χ2v) is 9.35. The first kappa shape index (κ1) is 17.3. The van der Waals surface area contributed by atoms with Crippen molar-refractivity contribution in [2.45, 2.75) is 50.0 Å². The largest absolute Gasteiger partial charge is 0.378 e.